The molecule has 29 heavy (non-hydrogen) atoms. The van der Waals surface area contributed by atoms with E-state index in [0.717, 1.165) is 11.4 Å². The lowest BCUT2D eigenvalue weighted by Crippen LogP contribution is -2.44. The minimum absolute atomic E-state index is 0.127. The lowest BCUT2D eigenvalue weighted by Gasteiger charge is -2.17. The molecule has 1 aliphatic rings. The Labute approximate surface area is 168 Å². The van der Waals surface area contributed by atoms with Gasteiger partial charge in [0.05, 0.1) is 18.7 Å². The Hall–Kier alpha value is -2.92. The van der Waals surface area contributed by atoms with Crippen molar-refractivity contribution in [3.63, 3.8) is 0 Å². The number of carbonyl (C=O) groups is 2. The third kappa shape index (κ3) is 6.88. The van der Waals surface area contributed by atoms with Crippen molar-refractivity contribution in [1.82, 2.24) is 5.32 Å². The highest BCUT2D eigenvalue weighted by atomic mass is 16.4. The number of unbranched alkanes of at least 4 members (excludes halogenated alkanes) is 1. The number of guanidine groups is 1. The third-order valence-electron chi connectivity index (χ3n) is 4.63. The van der Waals surface area contributed by atoms with Gasteiger partial charge in [-0.2, -0.15) is 0 Å². The molecule has 11 nitrogen and oxygen atoms in total. The zero-order chi connectivity index (χ0) is 21.4. The highest BCUT2D eigenvalue weighted by molar-refractivity contribution is 5.94. The van der Waals surface area contributed by atoms with Crippen molar-refractivity contribution in [3.8, 4) is 5.75 Å². The molecule has 1 aromatic rings. The first-order chi connectivity index (χ1) is 13.8. The fourth-order valence-electron chi connectivity index (χ4n) is 2.98. The van der Waals surface area contributed by atoms with Crippen LogP contribution in [0.2, 0.25) is 0 Å². The zero-order valence-corrected chi connectivity index (χ0v) is 16.2. The number of rotatable bonds is 11. The first-order valence-corrected chi connectivity index (χ1v) is 9.55. The predicted octanol–water partition coefficient (Wildman–Crippen LogP) is -0.675. The Balaban J connectivity index is 1.89. The van der Waals surface area contributed by atoms with E-state index in [1.165, 1.54) is 0 Å². The van der Waals surface area contributed by atoms with E-state index in [9.17, 15) is 14.7 Å². The highest BCUT2D eigenvalue weighted by Crippen LogP contribution is 2.21. The Bertz CT molecular complexity index is 769. The van der Waals surface area contributed by atoms with Gasteiger partial charge < -0.3 is 32.1 Å². The number of fused-ring (bicyclic) bond motifs is 1. The molecule has 2 heterocycles. The first-order valence-electron chi connectivity index (χ1n) is 9.55. The van der Waals surface area contributed by atoms with Crippen molar-refractivity contribution >= 4 is 23.7 Å². The second-order valence-corrected chi connectivity index (χ2v) is 7.01. The van der Waals surface area contributed by atoms with E-state index < -0.39 is 24.0 Å². The fraction of sp³-hybridized carbons (Fsp3) is 0.556. The van der Waals surface area contributed by atoms with Crippen LogP contribution in [0.15, 0.2) is 17.3 Å². The molecule has 0 spiro atoms. The Morgan fingerprint density at radius 1 is 1.17 bits per heavy atom. The molecule has 11 heteroatoms. The van der Waals surface area contributed by atoms with Crippen molar-refractivity contribution < 1.29 is 29.5 Å². The zero-order valence-electron chi connectivity index (χ0n) is 16.2. The van der Waals surface area contributed by atoms with E-state index in [-0.39, 0.29) is 5.75 Å². The van der Waals surface area contributed by atoms with Gasteiger partial charge in [-0.15, -0.1) is 0 Å². The lowest BCUT2D eigenvalue weighted by molar-refractivity contribution is -0.684. The summed E-state index contributed by atoms with van der Waals surface area (Å²) in [6.45, 7) is 1.49. The Kier molecular flexibility index (Phi) is 8.16. The number of nitrogens with zero attached hydrogens (tertiary/aromatic N) is 2. The molecule has 2 unspecified atom stereocenters. The maximum absolute atomic E-state index is 10.8. The summed E-state index contributed by atoms with van der Waals surface area (Å²) in [5, 5.41) is 33.9. The number of anilines is 1. The molecule has 9 N–H and O–H groups in total. The minimum Gasteiger partial charge on any atom is -0.504 e. The summed E-state index contributed by atoms with van der Waals surface area (Å²) in [4.78, 5) is 25.9. The molecule has 0 amide bonds. The van der Waals surface area contributed by atoms with Crippen LogP contribution in [0.4, 0.5) is 5.82 Å². The van der Waals surface area contributed by atoms with E-state index in [1.54, 1.807) is 12.3 Å². The number of aromatic nitrogens is 1. The molecular formula is C18H29N6O5+. The second-order valence-electron chi connectivity index (χ2n) is 7.01. The standard InChI is InChI=1S/C18H28N6O5/c19-13(16(26)27)4-1-2-7-24-10-12(25)8-11-9-22-18(23-15(11)24)21-6-3-5-14(20)17(28)29/h8,10,13-14H,1-7,9,19-20H2,(H4,21,22,25,26,27,28,29)/p+1. The number of hydrogen-bond acceptors (Lipinski definition) is 8. The van der Waals surface area contributed by atoms with Gasteiger partial charge in [0.2, 0.25) is 0 Å². The van der Waals surface area contributed by atoms with Gasteiger partial charge in [0.15, 0.2) is 5.75 Å². The molecule has 0 saturated heterocycles. The molecule has 0 radical (unpaired) electrons. The molecule has 160 valence electrons. The maximum atomic E-state index is 10.8. The van der Waals surface area contributed by atoms with Crippen LogP contribution in [0.3, 0.4) is 0 Å². The number of aliphatic imine (C=N–C) groups is 1. The van der Waals surface area contributed by atoms with Crippen molar-refractivity contribution in [2.24, 2.45) is 16.5 Å². The van der Waals surface area contributed by atoms with Gasteiger partial charge in [0.1, 0.15) is 18.3 Å². The molecule has 1 aromatic heterocycles. The number of aliphatic carboxylic acids is 2. The largest absolute Gasteiger partial charge is 0.504 e. The molecule has 2 rings (SSSR count). The average Bonchev–Trinajstić information content (AvgIpc) is 2.67. The number of carboxylic acid groups (broad SMARTS) is 2. The van der Waals surface area contributed by atoms with Crippen molar-refractivity contribution in [3.05, 3.63) is 17.8 Å². The predicted molar refractivity (Wildman–Crippen MR) is 105 cm³/mol. The Morgan fingerprint density at radius 3 is 2.48 bits per heavy atom. The van der Waals surface area contributed by atoms with E-state index in [1.807, 2.05) is 4.57 Å². The van der Waals surface area contributed by atoms with Gasteiger partial charge in [0.25, 0.3) is 11.8 Å². The van der Waals surface area contributed by atoms with Crippen molar-refractivity contribution in [2.75, 3.05) is 11.9 Å². The minimum atomic E-state index is -1.02. The number of aryl methyl sites for hydroxylation is 1. The number of nitrogens with one attached hydrogen (secondary N) is 2. The SMILES string of the molecule is NC(CCCC[n+]1cc(O)cc2c1NC(NCCCC(N)C(=O)O)=NC2)C(=O)O. The van der Waals surface area contributed by atoms with Crippen LogP contribution >= 0.6 is 0 Å². The molecule has 0 saturated carbocycles. The van der Waals surface area contributed by atoms with Crippen LogP contribution in [-0.4, -0.2) is 51.8 Å². The molecule has 0 aromatic carbocycles. The topological polar surface area (TPSA) is 187 Å². The summed E-state index contributed by atoms with van der Waals surface area (Å²) in [6, 6.07) is -0.0997. The molecule has 1 aliphatic heterocycles. The normalized spacial score (nSPS) is 14.9. The van der Waals surface area contributed by atoms with Gasteiger partial charge in [-0.25, -0.2) is 14.9 Å². The summed E-state index contributed by atoms with van der Waals surface area (Å²) in [5.74, 6) is -0.539. The number of carboxylic acids is 2. The molecule has 0 fully saturated rings. The quantitative estimate of drug-likeness (QED) is 0.184. The van der Waals surface area contributed by atoms with Crippen LogP contribution in [-0.2, 0) is 22.7 Å². The second kappa shape index (κ2) is 10.6. The average molecular weight is 409 g/mol. The Morgan fingerprint density at radius 2 is 1.83 bits per heavy atom. The van der Waals surface area contributed by atoms with E-state index in [4.69, 9.17) is 21.7 Å². The van der Waals surface area contributed by atoms with Gasteiger partial charge in [-0.1, -0.05) is 0 Å². The molecule has 0 bridgehead atoms. The summed E-state index contributed by atoms with van der Waals surface area (Å²) >= 11 is 0. The van der Waals surface area contributed by atoms with Crippen LogP contribution in [0.5, 0.6) is 5.75 Å². The van der Waals surface area contributed by atoms with Crippen LogP contribution in [0.25, 0.3) is 0 Å². The van der Waals surface area contributed by atoms with Gasteiger partial charge in [-0.05, 0) is 38.2 Å². The number of hydrogen-bond donors (Lipinski definition) is 7. The lowest BCUT2D eigenvalue weighted by atomic mass is 10.1. The summed E-state index contributed by atoms with van der Waals surface area (Å²) < 4.78 is 1.87. The number of pyridine rings is 1. The summed E-state index contributed by atoms with van der Waals surface area (Å²) in [5.41, 5.74) is 11.8. The summed E-state index contributed by atoms with van der Waals surface area (Å²) in [6.07, 6.45) is 4.29. The van der Waals surface area contributed by atoms with E-state index >= 15 is 0 Å². The van der Waals surface area contributed by atoms with Gasteiger partial charge >= 0.3 is 11.9 Å². The first kappa shape index (κ1) is 22.4. The van der Waals surface area contributed by atoms with Crippen LogP contribution < -0.4 is 26.7 Å². The highest BCUT2D eigenvalue weighted by Gasteiger charge is 2.24. The van der Waals surface area contributed by atoms with Gasteiger partial charge in [0, 0.05) is 6.54 Å². The van der Waals surface area contributed by atoms with Gasteiger partial charge in [-0.3, -0.25) is 9.59 Å². The third-order valence-corrected chi connectivity index (χ3v) is 4.63. The number of aromatic hydroxyl groups is 1. The van der Waals surface area contributed by atoms with Crippen molar-refractivity contribution in [1.29, 1.82) is 0 Å². The molecular weight excluding hydrogens is 380 g/mol. The van der Waals surface area contributed by atoms with E-state index in [2.05, 4.69) is 15.6 Å². The monoisotopic (exact) mass is 409 g/mol. The fourth-order valence-corrected chi connectivity index (χ4v) is 2.98. The molecule has 0 aliphatic carbocycles. The maximum Gasteiger partial charge on any atom is 0.320 e. The smallest absolute Gasteiger partial charge is 0.320 e. The summed E-state index contributed by atoms with van der Waals surface area (Å²) in [7, 11) is 0. The van der Waals surface area contributed by atoms with E-state index in [0.29, 0.717) is 57.7 Å². The van der Waals surface area contributed by atoms with Crippen LogP contribution in [0, 0.1) is 0 Å². The van der Waals surface area contributed by atoms with Crippen LogP contribution in [0.1, 0.15) is 37.7 Å². The molecule has 2 atom stereocenters. The number of nitrogens with two attached hydrogens (primary N) is 2. The van der Waals surface area contributed by atoms with Crippen molar-refractivity contribution in [2.45, 2.75) is 57.3 Å².